The van der Waals surface area contributed by atoms with Crippen LogP contribution < -0.4 is 0 Å². The Bertz CT molecular complexity index is 1430. The molecule has 0 aliphatic rings. The van der Waals surface area contributed by atoms with Crippen molar-refractivity contribution in [2.45, 2.75) is 26.4 Å². The molecule has 1 atom stereocenters. The van der Waals surface area contributed by atoms with Crippen LogP contribution in [0, 0.1) is 11.2 Å². The van der Waals surface area contributed by atoms with Crippen LogP contribution in [0.3, 0.4) is 0 Å². The second-order valence-electron chi connectivity index (χ2n) is 9.14. The van der Waals surface area contributed by atoms with Gasteiger partial charge in [-0.2, -0.15) is 5.10 Å². The number of aromatic nitrogens is 3. The molecule has 0 saturated carbocycles. The molecule has 0 radical (unpaired) electrons. The van der Waals surface area contributed by atoms with E-state index in [2.05, 4.69) is 10.1 Å². The molecule has 1 unspecified atom stereocenters. The Kier molecular flexibility index (Phi) is 4.60. The highest BCUT2D eigenvalue weighted by Gasteiger charge is 2.44. The van der Waals surface area contributed by atoms with Crippen molar-refractivity contribution in [2.75, 3.05) is 0 Å². The quantitative estimate of drug-likeness (QED) is 0.386. The van der Waals surface area contributed by atoms with Gasteiger partial charge in [0.05, 0.1) is 22.9 Å². The van der Waals surface area contributed by atoms with Crippen molar-refractivity contribution in [1.82, 2.24) is 14.8 Å². The maximum Gasteiger partial charge on any atom is 0.123 e. The zero-order valence-corrected chi connectivity index (χ0v) is 18.2. The summed E-state index contributed by atoms with van der Waals surface area (Å²) in [6.07, 6.45) is 3.52. The lowest BCUT2D eigenvalue weighted by molar-refractivity contribution is -0.0245. The van der Waals surface area contributed by atoms with Crippen LogP contribution in [0.1, 0.15) is 31.9 Å². The Morgan fingerprint density at radius 3 is 2.41 bits per heavy atom. The topological polar surface area (TPSA) is 50.9 Å². The Morgan fingerprint density at radius 2 is 1.66 bits per heavy atom. The van der Waals surface area contributed by atoms with Crippen molar-refractivity contribution in [1.29, 1.82) is 0 Å². The minimum atomic E-state index is -1.26. The molecule has 5 rings (SSSR count). The fourth-order valence-corrected chi connectivity index (χ4v) is 4.45. The van der Waals surface area contributed by atoms with Crippen LogP contribution >= 0.6 is 0 Å². The summed E-state index contributed by atoms with van der Waals surface area (Å²) in [7, 11) is 0. The van der Waals surface area contributed by atoms with E-state index in [0.717, 1.165) is 38.6 Å². The van der Waals surface area contributed by atoms with Crippen molar-refractivity contribution in [3.8, 4) is 5.69 Å². The number of pyridine rings is 1. The fraction of sp³-hybridized carbons (Fsp3) is 0.185. The molecule has 0 aliphatic carbocycles. The third-order valence-electron chi connectivity index (χ3n) is 6.18. The Morgan fingerprint density at radius 1 is 0.906 bits per heavy atom. The van der Waals surface area contributed by atoms with Gasteiger partial charge in [0, 0.05) is 17.0 Å². The Labute approximate surface area is 186 Å². The first-order valence-electron chi connectivity index (χ1n) is 10.6. The van der Waals surface area contributed by atoms with Gasteiger partial charge in [-0.05, 0) is 65.1 Å². The van der Waals surface area contributed by atoms with Gasteiger partial charge in [0.1, 0.15) is 11.4 Å². The minimum Gasteiger partial charge on any atom is -0.380 e. The number of nitrogens with zero attached hydrogens (tertiary/aromatic N) is 3. The molecular weight excluding hydrogens is 401 g/mol. The van der Waals surface area contributed by atoms with E-state index in [1.807, 2.05) is 69.3 Å². The highest BCUT2D eigenvalue weighted by molar-refractivity contribution is 5.85. The van der Waals surface area contributed by atoms with Crippen molar-refractivity contribution in [2.24, 2.45) is 5.41 Å². The summed E-state index contributed by atoms with van der Waals surface area (Å²) in [5.41, 5.74) is 2.35. The lowest BCUT2D eigenvalue weighted by Crippen LogP contribution is -2.41. The second-order valence-corrected chi connectivity index (χ2v) is 9.14. The highest BCUT2D eigenvalue weighted by atomic mass is 19.1. The summed E-state index contributed by atoms with van der Waals surface area (Å²) in [6.45, 7) is 6.11. The van der Waals surface area contributed by atoms with E-state index >= 15 is 0 Å². The van der Waals surface area contributed by atoms with Gasteiger partial charge in [-0.15, -0.1) is 0 Å². The smallest absolute Gasteiger partial charge is 0.123 e. The highest BCUT2D eigenvalue weighted by Crippen LogP contribution is 2.47. The number of aliphatic hydroxyl groups is 1. The first-order chi connectivity index (χ1) is 15.3. The number of rotatable bonds is 3. The molecule has 32 heavy (non-hydrogen) atoms. The summed E-state index contributed by atoms with van der Waals surface area (Å²) >= 11 is 0. The van der Waals surface area contributed by atoms with Gasteiger partial charge in [0.25, 0.3) is 0 Å². The van der Waals surface area contributed by atoms with Gasteiger partial charge in [0.15, 0.2) is 0 Å². The minimum absolute atomic E-state index is 0.285. The normalized spacial score (nSPS) is 14.0. The largest absolute Gasteiger partial charge is 0.380 e. The monoisotopic (exact) mass is 425 g/mol. The number of fused-ring (bicyclic) bond motifs is 2. The maximum absolute atomic E-state index is 13.3. The van der Waals surface area contributed by atoms with Crippen LogP contribution in [0.25, 0.3) is 27.5 Å². The zero-order valence-electron chi connectivity index (χ0n) is 18.2. The number of benzene rings is 3. The SMILES string of the molecule is CC(C)(C)C(O)(c1ccc2c(cnn2-c2ccc(F)cc2)c1)c1ccnc2ccccc12. The molecule has 2 aromatic heterocycles. The van der Waals surface area contributed by atoms with Gasteiger partial charge in [-0.25, -0.2) is 9.07 Å². The maximum atomic E-state index is 13.3. The van der Waals surface area contributed by atoms with Crippen molar-refractivity contribution >= 4 is 21.8 Å². The molecule has 2 heterocycles. The average Bonchev–Trinajstić information content (AvgIpc) is 3.21. The fourth-order valence-electron chi connectivity index (χ4n) is 4.45. The van der Waals surface area contributed by atoms with E-state index < -0.39 is 11.0 Å². The van der Waals surface area contributed by atoms with Crippen LogP contribution in [0.2, 0.25) is 0 Å². The van der Waals surface area contributed by atoms with Gasteiger partial charge in [-0.1, -0.05) is 45.0 Å². The van der Waals surface area contributed by atoms with Crippen LogP contribution in [0.5, 0.6) is 0 Å². The Balaban J connectivity index is 1.71. The predicted molar refractivity (Wildman–Crippen MR) is 125 cm³/mol. The van der Waals surface area contributed by atoms with E-state index in [-0.39, 0.29) is 5.82 Å². The predicted octanol–water partition coefficient (Wildman–Crippen LogP) is 5.99. The molecule has 0 fully saturated rings. The lowest BCUT2D eigenvalue weighted by atomic mass is 9.67. The zero-order chi connectivity index (χ0) is 22.5. The Hall–Kier alpha value is -3.57. The summed E-state index contributed by atoms with van der Waals surface area (Å²) < 4.78 is 15.1. The molecule has 5 heteroatoms. The van der Waals surface area contributed by atoms with Crippen LogP contribution in [-0.2, 0) is 5.60 Å². The third-order valence-corrected chi connectivity index (χ3v) is 6.18. The van der Waals surface area contributed by atoms with E-state index in [1.165, 1.54) is 12.1 Å². The number of hydrogen-bond acceptors (Lipinski definition) is 3. The van der Waals surface area contributed by atoms with Crippen molar-refractivity contribution in [3.05, 3.63) is 102 Å². The van der Waals surface area contributed by atoms with Gasteiger partial charge >= 0.3 is 0 Å². The molecule has 1 N–H and O–H groups in total. The number of para-hydroxylation sites is 1. The standard InChI is InChI=1S/C27H24FN3O/c1-26(2,3)27(32,23-14-15-29-24-7-5-4-6-22(23)24)19-8-13-25-18(16-19)17-30-31(25)21-11-9-20(28)10-12-21/h4-17,32H,1-3H3. The molecule has 0 amide bonds. The first kappa shape index (κ1) is 20.3. The van der Waals surface area contributed by atoms with E-state index in [0.29, 0.717) is 0 Å². The molecule has 0 aliphatic heterocycles. The summed E-state index contributed by atoms with van der Waals surface area (Å²) in [5, 5.41) is 18.6. The van der Waals surface area contributed by atoms with Crippen molar-refractivity contribution < 1.29 is 9.50 Å². The lowest BCUT2D eigenvalue weighted by Gasteiger charge is -2.42. The third kappa shape index (κ3) is 3.09. The van der Waals surface area contributed by atoms with Gasteiger partial charge < -0.3 is 5.11 Å². The average molecular weight is 426 g/mol. The molecule has 4 nitrogen and oxygen atoms in total. The molecule has 0 saturated heterocycles. The van der Waals surface area contributed by atoms with Crippen LogP contribution in [0.4, 0.5) is 4.39 Å². The summed E-state index contributed by atoms with van der Waals surface area (Å²) in [5.74, 6) is -0.285. The van der Waals surface area contributed by atoms with Crippen LogP contribution in [-0.4, -0.2) is 19.9 Å². The van der Waals surface area contributed by atoms with Crippen LogP contribution in [0.15, 0.2) is 85.2 Å². The number of halogens is 1. The van der Waals surface area contributed by atoms with E-state index in [1.54, 1.807) is 29.2 Å². The molecule has 0 bridgehead atoms. The summed E-state index contributed by atoms with van der Waals surface area (Å²) in [6, 6.07) is 21.9. The first-order valence-corrected chi connectivity index (χ1v) is 10.6. The van der Waals surface area contributed by atoms with Crippen molar-refractivity contribution in [3.63, 3.8) is 0 Å². The molecule has 0 spiro atoms. The molecular formula is C27H24FN3O. The van der Waals surface area contributed by atoms with Gasteiger partial charge in [0.2, 0.25) is 0 Å². The van der Waals surface area contributed by atoms with Gasteiger partial charge in [-0.3, -0.25) is 4.98 Å². The molecule has 3 aromatic carbocycles. The molecule has 160 valence electrons. The second kappa shape index (κ2) is 7.24. The number of hydrogen-bond donors (Lipinski definition) is 1. The summed E-state index contributed by atoms with van der Waals surface area (Å²) in [4.78, 5) is 4.47. The van der Waals surface area contributed by atoms with E-state index in [4.69, 9.17) is 0 Å². The molecule has 5 aromatic rings. The van der Waals surface area contributed by atoms with E-state index in [9.17, 15) is 9.50 Å².